The second kappa shape index (κ2) is 8.71. The third-order valence-electron chi connectivity index (χ3n) is 8.02. The van der Waals surface area contributed by atoms with Crippen LogP contribution in [0.2, 0.25) is 0 Å². The van der Waals surface area contributed by atoms with Crippen LogP contribution in [0.25, 0.3) is 39.3 Å². The molecule has 3 aromatic heterocycles. The molecular weight excluding hydrogens is 460 g/mol. The fourth-order valence-electron chi connectivity index (χ4n) is 5.98. The van der Waals surface area contributed by atoms with Gasteiger partial charge in [-0.1, -0.05) is 30.3 Å². The van der Waals surface area contributed by atoms with Crippen molar-refractivity contribution in [1.29, 1.82) is 0 Å². The number of likely N-dealkylation sites (N-methyl/N-ethyl adjacent to an activating group) is 1. The highest BCUT2D eigenvalue weighted by Crippen LogP contribution is 2.40. The van der Waals surface area contributed by atoms with Crippen molar-refractivity contribution in [3.05, 3.63) is 85.3 Å². The van der Waals surface area contributed by atoms with Crippen LogP contribution in [0.15, 0.2) is 85.3 Å². The van der Waals surface area contributed by atoms with Crippen LogP contribution >= 0.6 is 0 Å². The molecule has 2 aromatic carbocycles. The Bertz CT molecular complexity index is 1570. The van der Waals surface area contributed by atoms with Gasteiger partial charge >= 0.3 is 0 Å². The molecule has 0 saturated carbocycles. The number of fused-ring (bicyclic) bond motifs is 3. The molecule has 0 amide bonds. The van der Waals surface area contributed by atoms with Crippen LogP contribution in [0, 0.1) is 0 Å². The van der Waals surface area contributed by atoms with E-state index in [9.17, 15) is 5.11 Å². The van der Waals surface area contributed by atoms with Gasteiger partial charge in [-0.05, 0) is 56.3 Å². The van der Waals surface area contributed by atoms with Gasteiger partial charge in [-0.2, -0.15) is 5.10 Å². The first-order chi connectivity index (χ1) is 18.2. The van der Waals surface area contributed by atoms with E-state index in [2.05, 4.69) is 46.1 Å². The molecular formula is C30H28N6O. The Morgan fingerprint density at radius 3 is 2.27 bits per heavy atom. The predicted octanol–water partition coefficient (Wildman–Crippen LogP) is 5.11. The van der Waals surface area contributed by atoms with Crippen LogP contribution in [-0.4, -0.2) is 61.8 Å². The molecule has 5 aromatic rings. The van der Waals surface area contributed by atoms with Gasteiger partial charge in [0.25, 0.3) is 0 Å². The predicted molar refractivity (Wildman–Crippen MR) is 146 cm³/mol. The highest BCUT2D eigenvalue weighted by molar-refractivity contribution is 5.93. The molecule has 2 unspecified atom stereocenters. The van der Waals surface area contributed by atoms with Crippen molar-refractivity contribution in [1.82, 2.24) is 24.5 Å². The van der Waals surface area contributed by atoms with Gasteiger partial charge in [0, 0.05) is 66.1 Å². The summed E-state index contributed by atoms with van der Waals surface area (Å²) in [4.78, 5) is 14.0. The third kappa shape index (κ3) is 3.65. The molecule has 5 heterocycles. The van der Waals surface area contributed by atoms with Crippen molar-refractivity contribution in [3.63, 3.8) is 0 Å². The number of aromatic nitrogens is 4. The first kappa shape index (κ1) is 22.0. The minimum absolute atomic E-state index is 0.199. The van der Waals surface area contributed by atoms with Crippen molar-refractivity contribution in [3.8, 4) is 39.4 Å². The first-order valence-electron chi connectivity index (χ1n) is 12.8. The van der Waals surface area contributed by atoms with E-state index in [1.165, 1.54) is 18.5 Å². The number of hydrogen-bond acceptors (Lipinski definition) is 6. The summed E-state index contributed by atoms with van der Waals surface area (Å²) in [5.41, 5.74) is 7.17. The van der Waals surface area contributed by atoms with E-state index < -0.39 is 0 Å². The number of phenols is 1. The van der Waals surface area contributed by atoms with Crippen LogP contribution in [0.1, 0.15) is 12.8 Å². The zero-order valence-corrected chi connectivity index (χ0v) is 20.7. The number of anilines is 1. The highest BCUT2D eigenvalue weighted by Gasteiger charge is 2.37. The minimum Gasteiger partial charge on any atom is -0.507 e. The van der Waals surface area contributed by atoms with Gasteiger partial charge in [0.15, 0.2) is 5.65 Å². The van der Waals surface area contributed by atoms with Gasteiger partial charge in [0.1, 0.15) is 11.4 Å². The molecule has 0 radical (unpaired) electrons. The molecule has 7 nitrogen and oxygen atoms in total. The van der Waals surface area contributed by atoms with E-state index in [-0.39, 0.29) is 5.75 Å². The van der Waals surface area contributed by atoms with Crippen LogP contribution < -0.4 is 4.90 Å². The fourth-order valence-corrected chi connectivity index (χ4v) is 5.98. The Morgan fingerprint density at radius 1 is 0.811 bits per heavy atom. The lowest BCUT2D eigenvalue weighted by molar-refractivity contribution is 0.212. The second-order valence-electron chi connectivity index (χ2n) is 10.0. The topological polar surface area (TPSA) is 69.8 Å². The third-order valence-corrected chi connectivity index (χ3v) is 8.02. The first-order valence-corrected chi connectivity index (χ1v) is 12.8. The van der Waals surface area contributed by atoms with Crippen LogP contribution in [-0.2, 0) is 0 Å². The van der Waals surface area contributed by atoms with E-state index in [4.69, 9.17) is 10.1 Å². The van der Waals surface area contributed by atoms with Gasteiger partial charge in [-0.25, -0.2) is 9.50 Å². The van der Waals surface area contributed by atoms with Crippen LogP contribution in [0.3, 0.4) is 0 Å². The van der Waals surface area contributed by atoms with E-state index in [1.807, 2.05) is 47.1 Å². The standard InChI is InChI=1S/C30H28N6O/c1-34-23-10-11-24(34)19-35(18-23)22-8-6-20(7-9-22)26-14-17-32-30-28(25-4-2-3-5-27(25)37)29(33-36(26)30)21-12-15-31-16-13-21/h2-9,12-17,23-24,37H,10-11,18-19H2,1H3. The van der Waals surface area contributed by atoms with Gasteiger partial charge in [0.05, 0.1) is 11.3 Å². The normalized spacial score (nSPS) is 19.5. The molecule has 2 atom stereocenters. The molecule has 37 heavy (non-hydrogen) atoms. The number of para-hydroxylation sites is 1. The van der Waals surface area contributed by atoms with E-state index >= 15 is 0 Å². The summed E-state index contributed by atoms with van der Waals surface area (Å²) < 4.78 is 1.89. The van der Waals surface area contributed by atoms with Crippen molar-refractivity contribution >= 4 is 11.3 Å². The smallest absolute Gasteiger partial charge is 0.164 e. The number of nitrogens with zero attached hydrogens (tertiary/aromatic N) is 6. The molecule has 7 heteroatoms. The summed E-state index contributed by atoms with van der Waals surface area (Å²) in [5.74, 6) is 0.199. The van der Waals surface area contributed by atoms with Gasteiger partial charge in [-0.3, -0.25) is 9.88 Å². The van der Waals surface area contributed by atoms with E-state index in [1.54, 1.807) is 18.5 Å². The lowest BCUT2D eigenvalue weighted by atomic mass is 10.0. The number of pyridine rings is 1. The maximum Gasteiger partial charge on any atom is 0.164 e. The Balaban J connectivity index is 1.33. The molecule has 0 aliphatic carbocycles. The van der Waals surface area contributed by atoms with Crippen LogP contribution in [0.5, 0.6) is 5.75 Å². The minimum atomic E-state index is 0.199. The molecule has 2 aliphatic rings. The summed E-state index contributed by atoms with van der Waals surface area (Å²) in [6, 6.07) is 23.3. The largest absolute Gasteiger partial charge is 0.507 e. The summed E-state index contributed by atoms with van der Waals surface area (Å²) in [5, 5.41) is 15.8. The number of benzene rings is 2. The Hall–Kier alpha value is -4.23. The molecule has 2 fully saturated rings. The molecule has 2 aliphatic heterocycles. The quantitative estimate of drug-likeness (QED) is 0.379. The van der Waals surface area contributed by atoms with Crippen LogP contribution in [0.4, 0.5) is 5.69 Å². The summed E-state index contributed by atoms with van der Waals surface area (Å²) in [6.07, 6.45) is 7.92. The number of piperazine rings is 1. The molecule has 0 spiro atoms. The lowest BCUT2D eigenvalue weighted by Gasteiger charge is -2.40. The van der Waals surface area contributed by atoms with Crippen molar-refractivity contribution < 1.29 is 5.11 Å². The summed E-state index contributed by atoms with van der Waals surface area (Å²) in [6.45, 7) is 2.18. The summed E-state index contributed by atoms with van der Waals surface area (Å²) >= 11 is 0. The maximum absolute atomic E-state index is 10.7. The molecule has 1 N–H and O–H groups in total. The van der Waals surface area contributed by atoms with Gasteiger partial charge < -0.3 is 10.0 Å². The average Bonchev–Trinajstić information content (AvgIpc) is 3.40. The maximum atomic E-state index is 10.7. The highest BCUT2D eigenvalue weighted by atomic mass is 16.3. The zero-order chi connectivity index (χ0) is 24.9. The monoisotopic (exact) mass is 488 g/mol. The average molecular weight is 489 g/mol. The number of phenolic OH excluding ortho intramolecular Hbond substituents is 1. The SMILES string of the molecule is CN1C2CCC1CN(c1ccc(-c3ccnc4c(-c5ccccc5O)c(-c5ccncc5)nn34)cc1)C2. The number of aromatic hydroxyl groups is 1. The van der Waals surface area contributed by atoms with E-state index in [0.29, 0.717) is 23.3 Å². The van der Waals surface area contributed by atoms with Crippen molar-refractivity contribution in [2.75, 3.05) is 25.0 Å². The Labute approximate surface area is 215 Å². The van der Waals surface area contributed by atoms with E-state index in [0.717, 1.165) is 41.2 Å². The molecule has 2 saturated heterocycles. The zero-order valence-electron chi connectivity index (χ0n) is 20.7. The fraction of sp³-hybridized carbons (Fsp3) is 0.233. The van der Waals surface area contributed by atoms with Crippen molar-refractivity contribution in [2.24, 2.45) is 0 Å². The molecule has 2 bridgehead atoms. The van der Waals surface area contributed by atoms with Gasteiger partial charge in [0.2, 0.25) is 0 Å². The number of rotatable bonds is 4. The van der Waals surface area contributed by atoms with Crippen molar-refractivity contribution in [2.45, 2.75) is 24.9 Å². The second-order valence-corrected chi connectivity index (χ2v) is 10.0. The lowest BCUT2D eigenvalue weighted by Crippen LogP contribution is -2.51. The Morgan fingerprint density at radius 2 is 1.54 bits per heavy atom. The molecule has 7 rings (SSSR count). The number of hydrogen-bond donors (Lipinski definition) is 1. The molecule has 184 valence electrons. The Kier molecular flexibility index (Phi) is 5.18. The summed E-state index contributed by atoms with van der Waals surface area (Å²) in [7, 11) is 2.27. The van der Waals surface area contributed by atoms with Gasteiger partial charge in [-0.15, -0.1) is 0 Å².